The zero-order chi connectivity index (χ0) is 39.7. The van der Waals surface area contributed by atoms with Crippen LogP contribution in [0.5, 0.6) is 5.88 Å². The lowest BCUT2D eigenvalue weighted by Crippen LogP contribution is -2.45. The van der Waals surface area contributed by atoms with Crippen LogP contribution >= 0.6 is 23.5 Å². The molecule has 1 aliphatic heterocycles. The molecule has 2 fully saturated rings. The van der Waals surface area contributed by atoms with Crippen LogP contribution in [-0.4, -0.2) is 67.5 Å². The Hall–Kier alpha value is -4.29. The summed E-state index contributed by atoms with van der Waals surface area (Å²) in [6.07, 6.45) is 11.6. The van der Waals surface area contributed by atoms with E-state index in [0.29, 0.717) is 48.3 Å². The largest absolute Gasteiger partial charge is 0.477 e. The van der Waals surface area contributed by atoms with E-state index in [-0.39, 0.29) is 28.3 Å². The first-order chi connectivity index (χ1) is 26.8. The number of nitrogens with one attached hydrogen (secondary N) is 2. The number of pyridine rings is 2. The van der Waals surface area contributed by atoms with E-state index in [0.717, 1.165) is 55.8 Å². The third kappa shape index (κ3) is 11.6. The summed E-state index contributed by atoms with van der Waals surface area (Å²) in [5.74, 6) is 2.84. The van der Waals surface area contributed by atoms with Gasteiger partial charge in [0.2, 0.25) is 5.88 Å². The summed E-state index contributed by atoms with van der Waals surface area (Å²) in [6, 6.07) is 21.4. The van der Waals surface area contributed by atoms with E-state index in [1.165, 1.54) is 31.2 Å². The number of aromatic nitrogens is 4. The maximum atomic E-state index is 13.2. The number of hydrogen-bond acceptors (Lipinski definition) is 9. The number of carbonyl (C=O) groups excluding carboxylic acids is 2. The van der Waals surface area contributed by atoms with Gasteiger partial charge in [-0.2, -0.15) is 0 Å². The van der Waals surface area contributed by atoms with Gasteiger partial charge in [0, 0.05) is 42.8 Å². The van der Waals surface area contributed by atoms with E-state index in [9.17, 15) is 9.59 Å². The monoisotopic (exact) mass is 801 g/mol. The van der Waals surface area contributed by atoms with Gasteiger partial charge in [0.25, 0.3) is 5.91 Å². The van der Waals surface area contributed by atoms with Crippen LogP contribution in [0.3, 0.4) is 0 Å². The molecule has 4 aromatic rings. The molecule has 300 valence electrons. The first kappa shape index (κ1) is 41.3. The molecule has 0 bridgehead atoms. The fraction of sp³-hybridized carbons (Fsp3) is 0.512. The van der Waals surface area contributed by atoms with E-state index in [4.69, 9.17) is 26.1 Å². The van der Waals surface area contributed by atoms with E-state index in [1.54, 1.807) is 29.1 Å². The lowest BCUT2D eigenvalue weighted by atomic mass is 9.81. The van der Waals surface area contributed by atoms with Crippen molar-refractivity contribution < 1.29 is 19.1 Å². The summed E-state index contributed by atoms with van der Waals surface area (Å²) in [4.78, 5) is 37.4. The molecule has 0 spiro atoms. The molecule has 2 N–H and O–H groups in total. The number of carbonyl (C=O) groups is 2. The van der Waals surface area contributed by atoms with Crippen molar-refractivity contribution in [2.24, 2.45) is 17.8 Å². The Bertz CT molecular complexity index is 1910. The minimum absolute atomic E-state index is 0.0739. The molecule has 4 heterocycles. The predicted octanol–water partition coefficient (Wildman–Crippen LogP) is 9.80. The maximum Gasteiger partial charge on any atom is 0.410 e. The van der Waals surface area contributed by atoms with Gasteiger partial charge in [0.1, 0.15) is 21.6 Å². The summed E-state index contributed by atoms with van der Waals surface area (Å²) in [6.45, 7) is 12.0. The molecule has 13 heteroatoms. The van der Waals surface area contributed by atoms with Gasteiger partial charge in [0.15, 0.2) is 5.82 Å². The van der Waals surface area contributed by atoms with Crippen LogP contribution < -0.4 is 14.8 Å². The van der Waals surface area contributed by atoms with Crippen LogP contribution in [0.1, 0.15) is 102 Å². The van der Waals surface area contributed by atoms with Crippen molar-refractivity contribution in [3.05, 3.63) is 89.2 Å². The van der Waals surface area contributed by atoms with Crippen LogP contribution in [-0.2, 0) is 11.2 Å². The van der Waals surface area contributed by atoms with Gasteiger partial charge in [-0.15, -0.1) is 5.10 Å². The molecule has 2 amide bonds. The van der Waals surface area contributed by atoms with Gasteiger partial charge in [0.05, 0.1) is 12.2 Å². The molecule has 2 unspecified atom stereocenters. The number of halogens is 1. The van der Waals surface area contributed by atoms with Gasteiger partial charge in [-0.3, -0.25) is 9.52 Å². The Labute approximate surface area is 340 Å². The van der Waals surface area contributed by atoms with Crippen molar-refractivity contribution in [1.29, 1.82) is 0 Å². The summed E-state index contributed by atoms with van der Waals surface area (Å²) in [5, 5.41) is 8.69. The maximum absolute atomic E-state index is 13.2. The summed E-state index contributed by atoms with van der Waals surface area (Å²) >= 11 is 7.61. The zero-order valence-corrected chi connectivity index (χ0v) is 34.9. The Kier molecular flexibility index (Phi) is 13.9. The Morgan fingerprint density at radius 3 is 2.54 bits per heavy atom. The van der Waals surface area contributed by atoms with Crippen LogP contribution in [0.4, 0.5) is 10.6 Å². The van der Waals surface area contributed by atoms with E-state index < -0.39 is 5.60 Å². The van der Waals surface area contributed by atoms with Crippen molar-refractivity contribution in [3.8, 4) is 11.7 Å². The molecular formula is C43H56ClN7O4S. The van der Waals surface area contributed by atoms with Crippen LogP contribution in [0, 0.1) is 17.8 Å². The topological polar surface area (TPSA) is 124 Å². The fourth-order valence-electron chi connectivity index (χ4n) is 7.84. The average molecular weight is 802 g/mol. The standard InChI is InChI=1S/C43H56ClN7O4S/c1-42(2,3)55-41(53)50-29-33(28-43(50,4)5)32(19-18-30-12-7-6-8-13-30)22-25-45-35-16-11-17-38(46-35)56-49-40(52)34-20-21-36(47-39(34)44)51-26-23-37(48-51)54-27-24-31-14-9-10-15-31/h6-8,11-13,16-17,20-21,23,26,31-33H,9-10,14-15,18-19,22,24-25,27-29H2,1-5H3,(H,45,46)(H,49,52). The molecule has 1 aromatic carbocycles. The molecule has 2 atom stereocenters. The smallest absolute Gasteiger partial charge is 0.410 e. The van der Waals surface area contributed by atoms with E-state index >= 15 is 0 Å². The van der Waals surface area contributed by atoms with Gasteiger partial charge >= 0.3 is 6.09 Å². The van der Waals surface area contributed by atoms with Crippen LogP contribution in [0.15, 0.2) is 78.0 Å². The van der Waals surface area contributed by atoms with Crippen molar-refractivity contribution in [1.82, 2.24) is 29.4 Å². The number of benzene rings is 1. The molecule has 1 saturated carbocycles. The lowest BCUT2D eigenvalue weighted by Gasteiger charge is -2.33. The van der Waals surface area contributed by atoms with Crippen molar-refractivity contribution in [3.63, 3.8) is 0 Å². The van der Waals surface area contributed by atoms with E-state index in [2.05, 4.69) is 58.2 Å². The summed E-state index contributed by atoms with van der Waals surface area (Å²) in [7, 11) is 0. The number of amides is 2. The first-order valence-corrected chi connectivity index (χ1v) is 21.1. The number of hydrogen-bond donors (Lipinski definition) is 2. The number of likely N-dealkylation sites (tertiary alicyclic amines) is 1. The highest BCUT2D eigenvalue weighted by molar-refractivity contribution is 7.97. The normalized spacial score (nSPS) is 17.5. The zero-order valence-electron chi connectivity index (χ0n) is 33.3. The third-order valence-corrected chi connectivity index (χ3v) is 11.8. The minimum atomic E-state index is -0.546. The molecule has 0 radical (unpaired) electrons. The molecule has 1 aliphatic carbocycles. The first-order valence-electron chi connectivity index (χ1n) is 19.9. The number of ether oxygens (including phenoxy) is 2. The molecule has 6 rings (SSSR count). The molecular weight excluding hydrogens is 746 g/mol. The number of nitrogens with zero attached hydrogens (tertiary/aromatic N) is 5. The second-order valence-corrected chi connectivity index (χ2v) is 17.8. The number of aryl methyl sites for hydroxylation is 1. The summed E-state index contributed by atoms with van der Waals surface area (Å²) in [5.41, 5.74) is 0.725. The predicted molar refractivity (Wildman–Crippen MR) is 222 cm³/mol. The fourth-order valence-corrected chi connectivity index (χ4v) is 8.67. The Balaban J connectivity index is 1.01. The molecule has 11 nitrogen and oxygen atoms in total. The highest BCUT2D eigenvalue weighted by Gasteiger charge is 2.45. The second kappa shape index (κ2) is 18.8. The second-order valence-electron chi connectivity index (χ2n) is 16.7. The number of rotatable bonds is 16. The lowest BCUT2D eigenvalue weighted by molar-refractivity contribution is 0.0128. The Morgan fingerprint density at radius 1 is 1.00 bits per heavy atom. The van der Waals surface area contributed by atoms with Gasteiger partial charge < -0.3 is 19.7 Å². The Morgan fingerprint density at radius 2 is 1.79 bits per heavy atom. The molecule has 2 aliphatic rings. The van der Waals surface area contributed by atoms with Crippen molar-refractivity contribution in [2.75, 3.05) is 25.0 Å². The third-order valence-electron chi connectivity index (χ3n) is 10.8. The van der Waals surface area contributed by atoms with Crippen molar-refractivity contribution in [2.45, 2.75) is 109 Å². The van der Waals surface area contributed by atoms with Crippen LogP contribution in [0.2, 0.25) is 5.15 Å². The van der Waals surface area contributed by atoms with E-state index in [1.807, 2.05) is 49.9 Å². The minimum Gasteiger partial charge on any atom is -0.477 e. The van der Waals surface area contributed by atoms with Gasteiger partial charge in [-0.1, -0.05) is 73.7 Å². The highest BCUT2D eigenvalue weighted by Crippen LogP contribution is 2.40. The molecule has 56 heavy (non-hydrogen) atoms. The quantitative estimate of drug-likeness (QED) is 0.0842. The SMILES string of the molecule is CC(C)(C)OC(=O)N1CC(C(CCNc2cccc(SNC(=O)c3ccc(-n4ccc(OCCC5CCCC5)n4)nc3Cl)n2)CCc2ccccc2)CC1(C)C. The van der Waals surface area contributed by atoms with Crippen LogP contribution in [0.25, 0.3) is 5.82 Å². The number of anilines is 1. The summed E-state index contributed by atoms with van der Waals surface area (Å²) < 4.78 is 16.1. The molecule has 3 aromatic heterocycles. The highest BCUT2D eigenvalue weighted by atomic mass is 35.5. The average Bonchev–Trinajstić information content (AvgIpc) is 3.93. The molecule has 1 saturated heterocycles. The van der Waals surface area contributed by atoms with Gasteiger partial charge in [-0.05, 0) is 114 Å². The van der Waals surface area contributed by atoms with Crippen molar-refractivity contribution >= 4 is 41.4 Å². The van der Waals surface area contributed by atoms with Gasteiger partial charge in [-0.25, -0.2) is 19.4 Å².